The molecule has 0 radical (unpaired) electrons. The van der Waals surface area contributed by atoms with Crippen LogP contribution in [0.25, 0.3) is 0 Å². The fourth-order valence-corrected chi connectivity index (χ4v) is 0.993. The van der Waals surface area contributed by atoms with E-state index in [9.17, 15) is 9.59 Å². The van der Waals surface area contributed by atoms with Gasteiger partial charge in [0.25, 0.3) is 5.91 Å². The number of benzene rings is 1. The van der Waals surface area contributed by atoms with Crippen LogP contribution in [-0.4, -0.2) is 30.8 Å². The van der Waals surface area contributed by atoms with Gasteiger partial charge in [-0.1, -0.05) is 6.07 Å². The Balaban J connectivity index is 2.67. The van der Waals surface area contributed by atoms with Crippen molar-refractivity contribution in [3.8, 4) is 5.75 Å². The van der Waals surface area contributed by atoms with Gasteiger partial charge in [0.2, 0.25) is 0 Å². The third-order valence-electron chi connectivity index (χ3n) is 1.78. The van der Waals surface area contributed by atoms with Crippen LogP contribution in [0, 0.1) is 0 Å². The average molecular weight is 225 g/mol. The molecule has 1 amide bonds. The van der Waals surface area contributed by atoms with E-state index in [0.717, 1.165) is 0 Å². The number of ether oxygens (including phenoxy) is 2. The van der Waals surface area contributed by atoms with E-state index in [1.54, 1.807) is 12.1 Å². The number of amides is 1. The van der Waals surface area contributed by atoms with Crippen LogP contribution in [0.1, 0.15) is 10.4 Å². The van der Waals surface area contributed by atoms with Crippen LogP contribution in [0.2, 0.25) is 0 Å². The Bertz CT molecular complexity index is 391. The quantitative estimate of drug-likeness (QED) is 0.439. The minimum absolute atomic E-state index is 0.227. The van der Waals surface area contributed by atoms with E-state index in [0.29, 0.717) is 5.75 Å². The Kier molecular flexibility index (Phi) is 4.28. The van der Waals surface area contributed by atoms with Crippen molar-refractivity contribution in [2.24, 2.45) is 0 Å². The van der Waals surface area contributed by atoms with Crippen LogP contribution in [-0.2, 0) is 9.53 Å². The lowest BCUT2D eigenvalue weighted by atomic mass is 10.2. The molecule has 1 rings (SSSR count). The summed E-state index contributed by atoms with van der Waals surface area (Å²) >= 11 is 0. The minimum atomic E-state index is -0.650. The predicted molar refractivity (Wildman–Crippen MR) is 53.2 cm³/mol. The lowest BCUT2D eigenvalue weighted by Crippen LogP contribution is -2.18. The van der Waals surface area contributed by atoms with Crippen molar-refractivity contribution in [3.05, 3.63) is 29.8 Å². The van der Waals surface area contributed by atoms with E-state index in [2.05, 4.69) is 4.74 Å². The number of esters is 1. The second kappa shape index (κ2) is 5.72. The van der Waals surface area contributed by atoms with E-state index < -0.39 is 11.9 Å². The van der Waals surface area contributed by atoms with Crippen LogP contribution >= 0.6 is 0 Å². The van der Waals surface area contributed by atoms with Crippen LogP contribution in [0.4, 0.5) is 0 Å². The number of hydrogen-bond donors (Lipinski definition) is 2. The summed E-state index contributed by atoms with van der Waals surface area (Å²) in [6.07, 6.45) is 0. The van der Waals surface area contributed by atoms with Gasteiger partial charge in [-0.05, 0) is 18.2 Å². The predicted octanol–water partition coefficient (Wildman–Crippen LogP) is 0.357. The Morgan fingerprint density at radius 1 is 1.44 bits per heavy atom. The maximum Gasteiger partial charge on any atom is 0.343 e. The number of rotatable bonds is 4. The van der Waals surface area contributed by atoms with Crippen molar-refractivity contribution in [2.75, 3.05) is 13.7 Å². The fraction of sp³-hybridized carbons (Fsp3) is 0.200. The Morgan fingerprint density at radius 2 is 2.19 bits per heavy atom. The van der Waals surface area contributed by atoms with Gasteiger partial charge in [-0.3, -0.25) is 10.0 Å². The minimum Gasteiger partial charge on any atom is -0.482 e. The van der Waals surface area contributed by atoms with Crippen LogP contribution in [0.15, 0.2) is 24.3 Å². The first-order chi connectivity index (χ1) is 7.67. The van der Waals surface area contributed by atoms with Gasteiger partial charge in [-0.2, -0.15) is 0 Å². The van der Waals surface area contributed by atoms with Gasteiger partial charge in [0.1, 0.15) is 5.75 Å². The van der Waals surface area contributed by atoms with Gasteiger partial charge in [-0.15, -0.1) is 0 Å². The Labute approximate surface area is 91.7 Å². The van der Waals surface area contributed by atoms with Crippen molar-refractivity contribution in [3.63, 3.8) is 0 Å². The van der Waals surface area contributed by atoms with Gasteiger partial charge in [0.15, 0.2) is 6.61 Å². The maximum atomic E-state index is 11.1. The standard InChI is InChI=1S/C10H11NO5/c1-15-9(12)6-16-8-4-2-3-7(5-8)10(13)11-14/h2-5,14H,6H2,1H3,(H,11,13). The molecule has 2 N–H and O–H groups in total. The highest BCUT2D eigenvalue weighted by Crippen LogP contribution is 2.13. The van der Waals surface area contributed by atoms with Crippen molar-refractivity contribution >= 4 is 11.9 Å². The maximum absolute atomic E-state index is 11.1. The molecule has 0 saturated heterocycles. The second-order valence-electron chi connectivity index (χ2n) is 2.83. The molecular weight excluding hydrogens is 214 g/mol. The SMILES string of the molecule is COC(=O)COc1cccc(C(=O)NO)c1. The summed E-state index contributed by atoms with van der Waals surface area (Å²) in [6, 6.07) is 6.04. The number of carbonyl (C=O) groups is 2. The summed E-state index contributed by atoms with van der Waals surface area (Å²) in [6.45, 7) is -0.235. The molecule has 0 aromatic heterocycles. The molecular formula is C10H11NO5. The molecule has 1 aromatic carbocycles. The molecule has 0 heterocycles. The second-order valence-corrected chi connectivity index (χ2v) is 2.83. The number of methoxy groups -OCH3 is 1. The third kappa shape index (κ3) is 3.25. The summed E-state index contributed by atoms with van der Waals surface area (Å²) in [7, 11) is 1.25. The smallest absolute Gasteiger partial charge is 0.343 e. The van der Waals surface area contributed by atoms with E-state index in [1.165, 1.54) is 24.7 Å². The molecule has 0 aliphatic rings. The number of nitrogens with one attached hydrogen (secondary N) is 1. The summed E-state index contributed by atoms with van der Waals surface area (Å²) in [4.78, 5) is 21.8. The average Bonchev–Trinajstić information content (AvgIpc) is 2.35. The zero-order valence-corrected chi connectivity index (χ0v) is 8.60. The van der Waals surface area contributed by atoms with Crippen LogP contribution in [0.5, 0.6) is 5.75 Å². The molecule has 0 unspecified atom stereocenters. The molecule has 0 aliphatic heterocycles. The molecule has 0 bridgehead atoms. The summed E-state index contributed by atoms with van der Waals surface area (Å²) < 4.78 is 9.45. The lowest BCUT2D eigenvalue weighted by molar-refractivity contribution is -0.142. The van der Waals surface area contributed by atoms with Crippen LogP contribution in [0.3, 0.4) is 0 Å². The molecule has 0 atom stereocenters. The first-order valence-corrected chi connectivity index (χ1v) is 4.41. The first-order valence-electron chi connectivity index (χ1n) is 4.41. The lowest BCUT2D eigenvalue weighted by Gasteiger charge is -2.05. The number of hydrogen-bond acceptors (Lipinski definition) is 5. The van der Waals surface area contributed by atoms with E-state index in [4.69, 9.17) is 9.94 Å². The molecule has 86 valence electrons. The normalized spacial score (nSPS) is 9.38. The monoisotopic (exact) mass is 225 g/mol. The third-order valence-corrected chi connectivity index (χ3v) is 1.78. The van der Waals surface area contributed by atoms with E-state index in [-0.39, 0.29) is 12.2 Å². The van der Waals surface area contributed by atoms with Crippen molar-refractivity contribution in [1.82, 2.24) is 5.48 Å². The van der Waals surface area contributed by atoms with Gasteiger partial charge in [0.05, 0.1) is 7.11 Å². The molecule has 6 nitrogen and oxygen atoms in total. The van der Waals surface area contributed by atoms with Crippen molar-refractivity contribution in [1.29, 1.82) is 0 Å². The molecule has 0 spiro atoms. The zero-order valence-electron chi connectivity index (χ0n) is 8.60. The number of hydroxylamine groups is 1. The largest absolute Gasteiger partial charge is 0.482 e. The highest BCUT2D eigenvalue weighted by atomic mass is 16.6. The van der Waals surface area contributed by atoms with Crippen molar-refractivity contribution < 1.29 is 24.3 Å². The van der Waals surface area contributed by atoms with E-state index in [1.807, 2.05) is 0 Å². The van der Waals surface area contributed by atoms with Crippen LogP contribution < -0.4 is 10.2 Å². The molecule has 0 aliphatic carbocycles. The first kappa shape index (κ1) is 12.0. The van der Waals surface area contributed by atoms with Crippen molar-refractivity contribution in [2.45, 2.75) is 0 Å². The van der Waals surface area contributed by atoms with Gasteiger partial charge in [-0.25, -0.2) is 10.3 Å². The number of carbonyl (C=O) groups excluding carboxylic acids is 2. The molecule has 0 saturated carbocycles. The zero-order chi connectivity index (χ0) is 12.0. The summed E-state index contributed by atoms with van der Waals surface area (Å²) in [5.74, 6) is -0.827. The van der Waals surface area contributed by atoms with E-state index >= 15 is 0 Å². The Hall–Kier alpha value is -2.08. The molecule has 0 fully saturated rings. The summed E-state index contributed by atoms with van der Waals surface area (Å²) in [5, 5.41) is 8.42. The molecule has 6 heteroatoms. The van der Waals surface area contributed by atoms with Gasteiger partial charge < -0.3 is 9.47 Å². The highest BCUT2D eigenvalue weighted by molar-refractivity contribution is 5.93. The Morgan fingerprint density at radius 3 is 2.81 bits per heavy atom. The van der Waals surface area contributed by atoms with Gasteiger partial charge >= 0.3 is 5.97 Å². The molecule has 1 aromatic rings. The summed E-state index contributed by atoms with van der Waals surface area (Å²) in [5.41, 5.74) is 1.73. The van der Waals surface area contributed by atoms with Gasteiger partial charge in [0, 0.05) is 5.56 Å². The molecule has 16 heavy (non-hydrogen) atoms. The topological polar surface area (TPSA) is 84.9 Å². The fourth-order valence-electron chi connectivity index (χ4n) is 0.993. The highest BCUT2D eigenvalue weighted by Gasteiger charge is 2.06.